The third-order valence-corrected chi connectivity index (χ3v) is 5.59. The fourth-order valence-corrected chi connectivity index (χ4v) is 4.01. The van der Waals surface area contributed by atoms with Crippen molar-refractivity contribution < 1.29 is 13.2 Å². The molecule has 0 saturated carbocycles. The average Bonchev–Trinajstić information content (AvgIpc) is 2.95. The lowest BCUT2D eigenvalue weighted by Crippen LogP contribution is -2.52. The van der Waals surface area contributed by atoms with E-state index in [1.807, 2.05) is 6.07 Å². The van der Waals surface area contributed by atoms with Gasteiger partial charge in [0.05, 0.1) is 17.0 Å². The number of sulfonamides is 1. The normalized spacial score (nSPS) is 22.4. The molecule has 0 bridgehead atoms. The molecule has 1 fully saturated rings. The summed E-state index contributed by atoms with van der Waals surface area (Å²) in [5.74, 6) is 0.298. The number of hydrogen-bond acceptors (Lipinski definition) is 4. The highest BCUT2D eigenvalue weighted by Crippen LogP contribution is 2.21. The molecule has 1 atom stereocenters. The third kappa shape index (κ3) is 4.07. The predicted octanol–water partition coefficient (Wildman–Crippen LogP) is 1.86. The van der Waals surface area contributed by atoms with Crippen molar-refractivity contribution >= 4 is 10.0 Å². The van der Waals surface area contributed by atoms with Crippen molar-refractivity contribution in [2.75, 3.05) is 26.8 Å². The zero-order valence-electron chi connectivity index (χ0n) is 13.6. The van der Waals surface area contributed by atoms with Gasteiger partial charge in [-0.05, 0) is 43.0 Å². The van der Waals surface area contributed by atoms with E-state index in [1.54, 1.807) is 25.3 Å². The first-order chi connectivity index (χ1) is 10.4. The maximum Gasteiger partial charge on any atom is 0.240 e. The van der Waals surface area contributed by atoms with E-state index in [4.69, 9.17) is 4.74 Å². The van der Waals surface area contributed by atoms with Gasteiger partial charge in [0.1, 0.15) is 0 Å². The van der Waals surface area contributed by atoms with E-state index in [9.17, 15) is 8.42 Å². The Hall–Kier alpha value is -0.950. The van der Waals surface area contributed by atoms with Crippen molar-refractivity contribution in [2.45, 2.75) is 43.0 Å². The summed E-state index contributed by atoms with van der Waals surface area (Å²) in [5.41, 5.74) is 0.728. The second kappa shape index (κ2) is 7.08. The van der Waals surface area contributed by atoms with Crippen LogP contribution < -0.4 is 10.0 Å². The molecule has 1 aromatic carbocycles. The molecule has 0 spiro atoms. The van der Waals surface area contributed by atoms with Crippen LogP contribution in [-0.2, 0) is 14.8 Å². The number of rotatable bonds is 7. The van der Waals surface area contributed by atoms with Gasteiger partial charge in [-0.15, -0.1) is 0 Å². The van der Waals surface area contributed by atoms with Crippen LogP contribution in [0, 0.1) is 0 Å². The van der Waals surface area contributed by atoms with Crippen LogP contribution in [0.3, 0.4) is 0 Å². The summed E-state index contributed by atoms with van der Waals surface area (Å²) in [7, 11) is -1.86. The molecule has 0 radical (unpaired) electrons. The fourth-order valence-electron chi connectivity index (χ4n) is 2.83. The Morgan fingerprint density at radius 2 is 2.18 bits per heavy atom. The first-order valence-corrected chi connectivity index (χ1v) is 9.20. The van der Waals surface area contributed by atoms with Gasteiger partial charge in [-0.3, -0.25) is 0 Å². The summed E-state index contributed by atoms with van der Waals surface area (Å²) in [6.07, 6.45) is 1.95. The van der Waals surface area contributed by atoms with Crippen LogP contribution >= 0.6 is 0 Å². The van der Waals surface area contributed by atoms with Gasteiger partial charge in [0.15, 0.2) is 0 Å². The number of ether oxygens (including phenoxy) is 1. The highest BCUT2D eigenvalue weighted by atomic mass is 32.2. The van der Waals surface area contributed by atoms with Crippen LogP contribution in [0.15, 0.2) is 29.2 Å². The Morgan fingerprint density at radius 3 is 2.77 bits per heavy atom. The molecule has 1 unspecified atom stereocenters. The fraction of sp³-hybridized carbons (Fsp3) is 0.625. The first-order valence-electron chi connectivity index (χ1n) is 7.72. The van der Waals surface area contributed by atoms with Crippen LogP contribution in [0.1, 0.15) is 38.2 Å². The molecule has 1 saturated heterocycles. The van der Waals surface area contributed by atoms with E-state index in [0.717, 1.165) is 24.9 Å². The van der Waals surface area contributed by atoms with Crippen LogP contribution in [0.5, 0.6) is 0 Å². The molecule has 5 nitrogen and oxygen atoms in total. The van der Waals surface area contributed by atoms with Gasteiger partial charge in [0, 0.05) is 13.7 Å². The van der Waals surface area contributed by atoms with E-state index in [1.165, 1.54) is 0 Å². The number of methoxy groups -OCH3 is 1. The van der Waals surface area contributed by atoms with E-state index in [2.05, 4.69) is 23.9 Å². The molecule has 6 heteroatoms. The molecule has 1 heterocycles. The van der Waals surface area contributed by atoms with Gasteiger partial charge < -0.3 is 10.1 Å². The molecule has 0 aromatic heterocycles. The van der Waals surface area contributed by atoms with Gasteiger partial charge in [-0.1, -0.05) is 26.0 Å². The zero-order valence-corrected chi connectivity index (χ0v) is 14.4. The van der Waals surface area contributed by atoms with Crippen LogP contribution in [0.25, 0.3) is 0 Å². The van der Waals surface area contributed by atoms with Crippen molar-refractivity contribution in [1.29, 1.82) is 0 Å². The number of hydrogen-bond donors (Lipinski definition) is 2. The lowest BCUT2D eigenvalue weighted by Gasteiger charge is -2.28. The van der Waals surface area contributed by atoms with E-state index >= 15 is 0 Å². The number of benzene rings is 1. The quantitative estimate of drug-likeness (QED) is 0.802. The Kier molecular flexibility index (Phi) is 5.60. The third-order valence-electron chi connectivity index (χ3n) is 4.19. The smallest absolute Gasteiger partial charge is 0.240 e. The molecular weight excluding hydrogens is 300 g/mol. The number of nitrogens with one attached hydrogen (secondary N) is 2. The molecule has 2 rings (SSSR count). The van der Waals surface area contributed by atoms with Crippen molar-refractivity contribution in [3.63, 3.8) is 0 Å². The minimum absolute atomic E-state index is 0.294. The van der Waals surface area contributed by atoms with E-state index < -0.39 is 10.0 Å². The maximum atomic E-state index is 12.5. The van der Waals surface area contributed by atoms with Gasteiger partial charge >= 0.3 is 0 Å². The summed E-state index contributed by atoms with van der Waals surface area (Å²) in [6, 6.07) is 7.13. The van der Waals surface area contributed by atoms with Gasteiger partial charge in [-0.25, -0.2) is 13.1 Å². The zero-order chi connectivity index (χ0) is 16.2. The monoisotopic (exact) mass is 326 g/mol. The molecule has 1 aliphatic rings. The summed E-state index contributed by atoms with van der Waals surface area (Å²) in [4.78, 5) is 0.323. The summed E-state index contributed by atoms with van der Waals surface area (Å²) in [5, 5.41) is 3.37. The first kappa shape index (κ1) is 17.4. The lowest BCUT2D eigenvalue weighted by atomic mass is 9.99. The maximum absolute atomic E-state index is 12.5. The SMILES string of the molecule is COCC1(CNS(=O)(=O)c2cccc(C(C)C)c2)CCCN1. The van der Waals surface area contributed by atoms with E-state index in [-0.39, 0.29) is 5.54 Å². The summed E-state index contributed by atoms with van der Waals surface area (Å²) in [6.45, 7) is 5.84. The largest absolute Gasteiger partial charge is 0.383 e. The molecule has 124 valence electrons. The van der Waals surface area contributed by atoms with Crippen molar-refractivity contribution in [2.24, 2.45) is 0 Å². The predicted molar refractivity (Wildman–Crippen MR) is 87.6 cm³/mol. The second-order valence-electron chi connectivity index (χ2n) is 6.30. The van der Waals surface area contributed by atoms with Gasteiger partial charge in [0.25, 0.3) is 0 Å². The van der Waals surface area contributed by atoms with Crippen molar-refractivity contribution in [3.8, 4) is 0 Å². The Balaban J connectivity index is 2.12. The topological polar surface area (TPSA) is 67.4 Å². The molecule has 0 amide bonds. The van der Waals surface area contributed by atoms with Gasteiger partial charge in [0.2, 0.25) is 10.0 Å². The molecule has 0 aliphatic carbocycles. The Morgan fingerprint density at radius 1 is 1.41 bits per heavy atom. The summed E-state index contributed by atoms with van der Waals surface area (Å²) >= 11 is 0. The molecular formula is C16H26N2O3S. The van der Waals surface area contributed by atoms with Crippen molar-refractivity contribution in [3.05, 3.63) is 29.8 Å². The highest BCUT2D eigenvalue weighted by Gasteiger charge is 2.34. The molecule has 22 heavy (non-hydrogen) atoms. The Bertz CT molecular complexity index is 593. The Labute approximate surface area is 133 Å². The average molecular weight is 326 g/mol. The minimum atomic E-state index is -3.51. The minimum Gasteiger partial charge on any atom is -0.383 e. The molecule has 1 aromatic rings. The van der Waals surface area contributed by atoms with Gasteiger partial charge in [-0.2, -0.15) is 0 Å². The highest BCUT2D eigenvalue weighted by molar-refractivity contribution is 7.89. The van der Waals surface area contributed by atoms with E-state index in [0.29, 0.717) is 24.0 Å². The molecule has 2 N–H and O–H groups in total. The van der Waals surface area contributed by atoms with Crippen molar-refractivity contribution in [1.82, 2.24) is 10.0 Å². The van der Waals surface area contributed by atoms with Crippen LogP contribution in [-0.4, -0.2) is 40.8 Å². The van der Waals surface area contributed by atoms with Crippen LogP contribution in [0.2, 0.25) is 0 Å². The molecule has 1 aliphatic heterocycles. The van der Waals surface area contributed by atoms with Crippen LogP contribution in [0.4, 0.5) is 0 Å². The standard InChI is InChI=1S/C16H26N2O3S/c1-13(2)14-6-4-7-15(10-14)22(19,20)18-11-16(12-21-3)8-5-9-17-16/h4,6-7,10,13,17-18H,5,8-9,11-12H2,1-3H3. The second-order valence-corrected chi connectivity index (χ2v) is 8.06. The summed E-state index contributed by atoms with van der Waals surface area (Å²) < 4.78 is 33.1. The lowest BCUT2D eigenvalue weighted by molar-refractivity contribution is 0.122.